The summed E-state index contributed by atoms with van der Waals surface area (Å²) in [5, 5.41) is 8.54. The number of carboxylic acid groups (broad SMARTS) is 1. The molecule has 0 saturated carbocycles. The fourth-order valence-corrected chi connectivity index (χ4v) is 1.47. The number of halogens is 1. The largest absolute Gasteiger partial charge is 0.478 e. The highest BCUT2D eigenvalue weighted by Crippen LogP contribution is 2.11. The average molecular weight is 219 g/mol. The zero-order valence-corrected chi connectivity index (χ0v) is 7.58. The quantitative estimate of drug-likeness (QED) is 0.727. The normalized spacial score (nSPS) is 11.2. The summed E-state index contributed by atoms with van der Waals surface area (Å²) < 4.78 is 33.6. The molecule has 5 nitrogen and oxygen atoms in total. The van der Waals surface area contributed by atoms with Crippen LogP contribution in [0.25, 0.3) is 0 Å². The SMILES string of the molecule is O=C(O)c1cccc(S(=O)(=O)NF)c1. The van der Waals surface area contributed by atoms with Crippen molar-refractivity contribution < 1.29 is 22.8 Å². The first-order valence-corrected chi connectivity index (χ1v) is 4.91. The summed E-state index contributed by atoms with van der Waals surface area (Å²) in [6.07, 6.45) is 0. The molecule has 1 rings (SSSR count). The molecule has 0 aromatic heterocycles. The zero-order chi connectivity index (χ0) is 10.8. The van der Waals surface area contributed by atoms with Crippen LogP contribution >= 0.6 is 0 Å². The third kappa shape index (κ3) is 2.06. The molecule has 0 aliphatic carbocycles. The molecular formula is C7H6FNO4S. The first-order chi connectivity index (χ1) is 6.47. The van der Waals surface area contributed by atoms with E-state index in [9.17, 15) is 17.7 Å². The molecule has 0 fully saturated rings. The van der Waals surface area contributed by atoms with Crippen LogP contribution in [0.15, 0.2) is 29.2 Å². The van der Waals surface area contributed by atoms with Crippen LogP contribution in [0.4, 0.5) is 4.48 Å². The number of sulfonamides is 1. The van der Waals surface area contributed by atoms with Gasteiger partial charge in [0, 0.05) is 0 Å². The molecule has 0 aliphatic rings. The van der Waals surface area contributed by atoms with Gasteiger partial charge in [-0.3, -0.25) is 0 Å². The van der Waals surface area contributed by atoms with Crippen molar-refractivity contribution in [2.24, 2.45) is 0 Å². The molecule has 7 heteroatoms. The smallest absolute Gasteiger partial charge is 0.335 e. The Hall–Kier alpha value is -1.47. The van der Waals surface area contributed by atoms with Crippen molar-refractivity contribution in [3.05, 3.63) is 29.8 Å². The van der Waals surface area contributed by atoms with Gasteiger partial charge in [0.05, 0.1) is 10.5 Å². The van der Waals surface area contributed by atoms with E-state index in [1.165, 1.54) is 12.1 Å². The Labute approximate surface area is 79.2 Å². The molecular weight excluding hydrogens is 213 g/mol. The lowest BCUT2D eigenvalue weighted by molar-refractivity contribution is 0.0696. The van der Waals surface area contributed by atoms with Crippen molar-refractivity contribution in [3.63, 3.8) is 0 Å². The first kappa shape index (κ1) is 10.6. The summed E-state index contributed by atoms with van der Waals surface area (Å²) in [5.74, 6) is -1.28. The van der Waals surface area contributed by atoms with Crippen molar-refractivity contribution in [2.75, 3.05) is 0 Å². The van der Waals surface area contributed by atoms with Crippen LogP contribution in [0.3, 0.4) is 0 Å². The van der Waals surface area contributed by atoms with E-state index in [2.05, 4.69) is 0 Å². The van der Waals surface area contributed by atoms with Crippen LogP contribution in [0, 0.1) is 0 Å². The Balaban J connectivity index is 3.26. The topological polar surface area (TPSA) is 83.5 Å². The summed E-state index contributed by atoms with van der Waals surface area (Å²) in [4.78, 5) is 10.6. The van der Waals surface area contributed by atoms with Crippen molar-refractivity contribution in [1.29, 1.82) is 0 Å². The van der Waals surface area contributed by atoms with E-state index < -0.39 is 20.9 Å². The second-order valence-corrected chi connectivity index (χ2v) is 4.05. The minimum Gasteiger partial charge on any atom is -0.478 e. The van der Waals surface area contributed by atoms with Crippen LogP contribution in [-0.4, -0.2) is 19.5 Å². The number of aromatic carboxylic acids is 1. The molecule has 14 heavy (non-hydrogen) atoms. The van der Waals surface area contributed by atoms with Crippen LogP contribution in [0.5, 0.6) is 0 Å². The molecule has 0 spiro atoms. The van der Waals surface area contributed by atoms with Crippen LogP contribution < -0.4 is 4.94 Å². The Morgan fingerprint density at radius 1 is 1.43 bits per heavy atom. The third-order valence-electron chi connectivity index (χ3n) is 1.49. The molecule has 0 radical (unpaired) electrons. The molecule has 0 unspecified atom stereocenters. The predicted molar refractivity (Wildman–Crippen MR) is 44.8 cm³/mol. The second-order valence-electron chi connectivity index (χ2n) is 2.41. The van der Waals surface area contributed by atoms with E-state index in [0.717, 1.165) is 12.1 Å². The van der Waals surface area contributed by atoms with Gasteiger partial charge in [0.15, 0.2) is 0 Å². The van der Waals surface area contributed by atoms with E-state index in [1.54, 1.807) is 0 Å². The van der Waals surface area contributed by atoms with Gasteiger partial charge in [0.1, 0.15) is 0 Å². The maximum atomic E-state index is 11.8. The van der Waals surface area contributed by atoms with E-state index in [1.807, 2.05) is 0 Å². The molecule has 1 aromatic carbocycles. The number of rotatable bonds is 3. The molecule has 2 N–H and O–H groups in total. The second kappa shape index (κ2) is 3.72. The number of benzene rings is 1. The maximum Gasteiger partial charge on any atom is 0.335 e. The van der Waals surface area contributed by atoms with Gasteiger partial charge in [-0.2, -0.15) is 0 Å². The monoisotopic (exact) mass is 219 g/mol. The van der Waals surface area contributed by atoms with Gasteiger partial charge >= 0.3 is 5.97 Å². The summed E-state index contributed by atoms with van der Waals surface area (Å²) in [6, 6.07) is 4.38. The number of hydrogen-bond donors (Lipinski definition) is 2. The minimum atomic E-state index is -4.23. The fourth-order valence-electron chi connectivity index (χ4n) is 0.841. The molecule has 76 valence electrons. The van der Waals surface area contributed by atoms with Crippen molar-refractivity contribution >= 4 is 16.0 Å². The highest BCUT2D eigenvalue weighted by Gasteiger charge is 2.15. The maximum absolute atomic E-state index is 11.8. The van der Waals surface area contributed by atoms with E-state index in [4.69, 9.17) is 5.11 Å². The Bertz CT molecular complexity index is 457. The van der Waals surface area contributed by atoms with E-state index in [-0.39, 0.29) is 5.56 Å². The summed E-state index contributed by atoms with van der Waals surface area (Å²) in [5.41, 5.74) is -0.221. The van der Waals surface area contributed by atoms with Gasteiger partial charge in [-0.1, -0.05) is 6.07 Å². The average Bonchev–Trinajstić information content (AvgIpc) is 2.18. The number of hydrogen-bond acceptors (Lipinski definition) is 3. The van der Waals surface area contributed by atoms with Gasteiger partial charge < -0.3 is 5.11 Å². The van der Waals surface area contributed by atoms with Crippen molar-refractivity contribution in [3.8, 4) is 0 Å². The van der Waals surface area contributed by atoms with E-state index in [0.29, 0.717) is 4.94 Å². The van der Waals surface area contributed by atoms with Crippen molar-refractivity contribution in [1.82, 2.24) is 4.94 Å². The lowest BCUT2D eigenvalue weighted by Crippen LogP contribution is -2.15. The summed E-state index contributed by atoms with van der Waals surface area (Å²) in [7, 11) is -4.23. The molecule has 0 heterocycles. The number of carbonyl (C=O) groups is 1. The highest BCUT2D eigenvalue weighted by atomic mass is 32.2. The van der Waals surface area contributed by atoms with Gasteiger partial charge in [-0.25, -0.2) is 13.2 Å². The molecule has 0 bridgehead atoms. The first-order valence-electron chi connectivity index (χ1n) is 3.43. The fraction of sp³-hybridized carbons (Fsp3) is 0. The van der Waals surface area contributed by atoms with Gasteiger partial charge in [0.25, 0.3) is 10.0 Å². The Morgan fingerprint density at radius 3 is 2.57 bits per heavy atom. The standard InChI is InChI=1S/C7H6FNO4S/c8-9-14(12,13)6-3-1-2-5(4-6)7(10)11/h1-4,9H,(H,10,11). The summed E-state index contributed by atoms with van der Waals surface area (Å²) >= 11 is 0. The van der Waals surface area contributed by atoms with Crippen molar-refractivity contribution in [2.45, 2.75) is 4.90 Å². The Morgan fingerprint density at radius 2 is 2.07 bits per heavy atom. The summed E-state index contributed by atoms with van der Waals surface area (Å²) in [6.45, 7) is 0. The molecule has 0 aliphatic heterocycles. The number of carboxylic acids is 1. The third-order valence-corrected chi connectivity index (χ3v) is 2.57. The van der Waals surface area contributed by atoms with Crippen LogP contribution in [0.1, 0.15) is 10.4 Å². The van der Waals surface area contributed by atoms with Crippen LogP contribution in [-0.2, 0) is 10.0 Å². The Kier molecular flexibility index (Phi) is 2.82. The molecule has 0 saturated heterocycles. The molecule has 0 amide bonds. The predicted octanol–water partition coefficient (Wildman–Crippen LogP) is 0.548. The van der Waals surface area contributed by atoms with Gasteiger partial charge in [0.2, 0.25) is 0 Å². The zero-order valence-electron chi connectivity index (χ0n) is 6.77. The molecule has 1 aromatic rings. The lowest BCUT2D eigenvalue weighted by Gasteiger charge is -2.00. The van der Waals surface area contributed by atoms with Crippen LogP contribution in [0.2, 0.25) is 0 Å². The molecule has 0 atom stereocenters. The lowest BCUT2D eigenvalue weighted by atomic mass is 10.2. The van der Waals surface area contributed by atoms with Gasteiger partial charge in [-0.05, 0) is 23.1 Å². The number of nitrogens with one attached hydrogen (secondary N) is 1. The highest BCUT2D eigenvalue weighted by molar-refractivity contribution is 7.89. The van der Waals surface area contributed by atoms with Gasteiger partial charge in [-0.15, -0.1) is 4.48 Å². The minimum absolute atomic E-state index is 0.221. The van der Waals surface area contributed by atoms with E-state index >= 15 is 0 Å².